The number of ketones is 1. The van der Waals surface area contributed by atoms with Gasteiger partial charge >= 0.3 is 0 Å². The number of hydrogen-bond donors (Lipinski definition) is 3. The van der Waals surface area contributed by atoms with Crippen LogP contribution in [-0.2, 0) is 4.79 Å². The summed E-state index contributed by atoms with van der Waals surface area (Å²) in [5.74, 6) is 1.45. The second-order valence-electron chi connectivity index (χ2n) is 9.34. The number of allylic oxidation sites excluding steroid dienone is 1. The third-order valence-corrected chi connectivity index (χ3v) is 6.57. The van der Waals surface area contributed by atoms with Gasteiger partial charge in [-0.25, -0.2) is 0 Å². The van der Waals surface area contributed by atoms with Gasteiger partial charge in [-0.3, -0.25) is 4.79 Å². The fraction of sp³-hybridized carbons (Fsp3) is 0.276. The lowest BCUT2D eigenvalue weighted by molar-refractivity contribution is -0.116. The van der Waals surface area contributed by atoms with Crippen molar-refractivity contribution in [3.63, 3.8) is 0 Å². The Hall–Kier alpha value is -3.93. The Morgan fingerprint density at radius 1 is 0.943 bits per heavy atom. The summed E-state index contributed by atoms with van der Waals surface area (Å²) in [4.78, 5) is 13.7. The van der Waals surface area contributed by atoms with E-state index < -0.39 is 0 Å². The first kappa shape index (κ1) is 22.8. The van der Waals surface area contributed by atoms with Crippen molar-refractivity contribution in [2.45, 2.75) is 44.8 Å². The number of phenols is 1. The number of benzene rings is 3. The highest BCUT2D eigenvalue weighted by molar-refractivity contribution is 6.01. The Morgan fingerprint density at radius 2 is 1.66 bits per heavy atom. The number of hydrogen-bond acceptors (Lipinski definition) is 6. The van der Waals surface area contributed by atoms with E-state index in [1.165, 1.54) is 7.11 Å². The molecule has 6 heteroatoms. The Balaban J connectivity index is 1.54. The lowest BCUT2D eigenvalue weighted by atomic mass is 9.78. The summed E-state index contributed by atoms with van der Waals surface area (Å²) < 4.78 is 11.1. The second kappa shape index (κ2) is 9.37. The topological polar surface area (TPSA) is 79.8 Å². The SMILES string of the molecule is COc1cc(C2Nc3ccccc3NC3=C2C(=O)CC(c2ccc(OC(C)C)cc2)C3)ccc1O. The van der Waals surface area contributed by atoms with Crippen LogP contribution in [-0.4, -0.2) is 24.1 Å². The van der Waals surface area contributed by atoms with Crippen molar-refractivity contribution in [3.8, 4) is 17.2 Å². The smallest absolute Gasteiger partial charge is 0.163 e. The molecule has 1 aliphatic heterocycles. The van der Waals surface area contributed by atoms with Crippen LogP contribution in [0.1, 0.15) is 49.8 Å². The monoisotopic (exact) mass is 470 g/mol. The lowest BCUT2D eigenvalue weighted by Gasteiger charge is -2.30. The molecule has 1 aliphatic carbocycles. The zero-order chi connectivity index (χ0) is 24.5. The molecule has 2 unspecified atom stereocenters. The minimum Gasteiger partial charge on any atom is -0.504 e. The Morgan fingerprint density at radius 3 is 2.37 bits per heavy atom. The van der Waals surface area contributed by atoms with Crippen LogP contribution in [0.5, 0.6) is 17.2 Å². The largest absolute Gasteiger partial charge is 0.504 e. The first-order chi connectivity index (χ1) is 16.9. The van der Waals surface area contributed by atoms with Gasteiger partial charge in [-0.15, -0.1) is 0 Å². The third-order valence-electron chi connectivity index (χ3n) is 6.57. The van der Waals surface area contributed by atoms with Gasteiger partial charge in [-0.1, -0.05) is 30.3 Å². The molecule has 0 spiro atoms. The van der Waals surface area contributed by atoms with Crippen molar-refractivity contribution in [1.82, 2.24) is 0 Å². The predicted molar refractivity (Wildman–Crippen MR) is 137 cm³/mol. The highest BCUT2D eigenvalue weighted by Gasteiger charge is 2.36. The number of aromatic hydroxyl groups is 1. The number of rotatable bonds is 5. The van der Waals surface area contributed by atoms with Crippen molar-refractivity contribution in [3.05, 3.63) is 89.1 Å². The minimum atomic E-state index is -0.370. The summed E-state index contributed by atoms with van der Waals surface area (Å²) >= 11 is 0. The van der Waals surface area contributed by atoms with Gasteiger partial charge in [0.15, 0.2) is 17.3 Å². The van der Waals surface area contributed by atoms with Crippen LogP contribution in [0.2, 0.25) is 0 Å². The lowest BCUT2D eigenvalue weighted by Crippen LogP contribution is -2.26. The molecule has 3 aromatic rings. The van der Waals surface area contributed by atoms with Gasteiger partial charge in [0.05, 0.1) is 30.6 Å². The molecule has 0 aromatic heterocycles. The van der Waals surface area contributed by atoms with Crippen LogP contribution in [0.15, 0.2) is 78.0 Å². The molecule has 0 radical (unpaired) electrons. The first-order valence-corrected chi connectivity index (χ1v) is 11.9. The first-order valence-electron chi connectivity index (χ1n) is 11.9. The molecule has 0 saturated heterocycles. The van der Waals surface area contributed by atoms with E-state index in [0.717, 1.165) is 39.5 Å². The van der Waals surface area contributed by atoms with Crippen LogP contribution < -0.4 is 20.1 Å². The summed E-state index contributed by atoms with van der Waals surface area (Å²) in [5, 5.41) is 17.2. The molecule has 0 saturated carbocycles. The molecule has 5 rings (SSSR count). The summed E-state index contributed by atoms with van der Waals surface area (Å²) in [6.45, 7) is 4.01. The normalized spacial score (nSPS) is 19.3. The molecular formula is C29H30N2O4. The van der Waals surface area contributed by atoms with Gasteiger partial charge in [-0.05, 0) is 73.7 Å². The quantitative estimate of drug-likeness (QED) is 0.414. The van der Waals surface area contributed by atoms with E-state index in [0.29, 0.717) is 18.6 Å². The van der Waals surface area contributed by atoms with Gasteiger partial charge in [0.2, 0.25) is 0 Å². The number of para-hydroxylation sites is 2. The molecule has 3 N–H and O–H groups in total. The average molecular weight is 471 g/mol. The zero-order valence-corrected chi connectivity index (χ0v) is 20.2. The molecule has 2 aliphatic rings. The molecular weight excluding hydrogens is 440 g/mol. The third kappa shape index (κ3) is 4.56. The summed E-state index contributed by atoms with van der Waals surface area (Å²) in [6.07, 6.45) is 1.25. The van der Waals surface area contributed by atoms with Crippen molar-refractivity contribution in [2.24, 2.45) is 0 Å². The summed E-state index contributed by atoms with van der Waals surface area (Å²) in [5.41, 5.74) is 5.47. The van der Waals surface area contributed by atoms with Gasteiger partial charge in [0.25, 0.3) is 0 Å². The Labute approximate surface area is 205 Å². The molecule has 1 heterocycles. The number of Topliss-reactive ketones (excluding diaryl/α,β-unsaturated/α-hetero) is 1. The van der Waals surface area contributed by atoms with Crippen LogP contribution in [0.25, 0.3) is 0 Å². The zero-order valence-electron chi connectivity index (χ0n) is 20.2. The fourth-order valence-electron chi connectivity index (χ4n) is 4.94. The van der Waals surface area contributed by atoms with E-state index in [1.54, 1.807) is 12.1 Å². The molecule has 180 valence electrons. The standard InChI is InChI=1S/C29H30N2O4/c1-17(2)35-21-11-8-18(9-12-21)20-14-24-28(26(33)15-20)29(19-10-13-25(32)27(16-19)34-3)31-23-7-5-4-6-22(23)30-24/h4-13,16-17,20,29-32H,14-15H2,1-3H3. The maximum absolute atomic E-state index is 13.7. The van der Waals surface area contributed by atoms with Crippen molar-refractivity contribution < 1.29 is 19.4 Å². The molecule has 0 bridgehead atoms. The highest BCUT2D eigenvalue weighted by atomic mass is 16.5. The van der Waals surface area contributed by atoms with Crippen molar-refractivity contribution in [1.29, 1.82) is 0 Å². The van der Waals surface area contributed by atoms with Crippen LogP contribution in [0, 0.1) is 0 Å². The Kier molecular flexibility index (Phi) is 6.12. The maximum Gasteiger partial charge on any atom is 0.163 e. The van der Waals surface area contributed by atoms with E-state index in [-0.39, 0.29) is 29.6 Å². The van der Waals surface area contributed by atoms with Crippen molar-refractivity contribution >= 4 is 17.2 Å². The van der Waals surface area contributed by atoms with E-state index in [2.05, 4.69) is 22.8 Å². The molecule has 35 heavy (non-hydrogen) atoms. The van der Waals surface area contributed by atoms with E-state index in [9.17, 15) is 9.90 Å². The van der Waals surface area contributed by atoms with Gasteiger partial charge in [-0.2, -0.15) is 0 Å². The minimum absolute atomic E-state index is 0.0672. The number of ether oxygens (including phenoxy) is 2. The highest BCUT2D eigenvalue weighted by Crippen LogP contribution is 2.45. The number of carbonyl (C=O) groups is 1. The number of fused-ring (bicyclic) bond motifs is 1. The molecule has 2 atom stereocenters. The van der Waals surface area contributed by atoms with Crippen molar-refractivity contribution in [2.75, 3.05) is 17.7 Å². The van der Waals surface area contributed by atoms with Gasteiger partial charge < -0.3 is 25.2 Å². The molecule has 6 nitrogen and oxygen atoms in total. The van der Waals surface area contributed by atoms with Gasteiger partial charge in [0, 0.05) is 17.7 Å². The predicted octanol–water partition coefficient (Wildman–Crippen LogP) is 6.17. The average Bonchev–Trinajstić information content (AvgIpc) is 3.01. The van der Waals surface area contributed by atoms with Gasteiger partial charge in [0.1, 0.15) is 5.75 Å². The molecule has 0 amide bonds. The number of phenolic OH excluding ortho intramolecular Hbond substituents is 1. The van der Waals surface area contributed by atoms with Crippen LogP contribution in [0.4, 0.5) is 11.4 Å². The number of methoxy groups -OCH3 is 1. The molecule has 0 fully saturated rings. The van der Waals surface area contributed by atoms with E-state index in [4.69, 9.17) is 9.47 Å². The summed E-state index contributed by atoms with van der Waals surface area (Å²) in [6, 6.07) is 20.9. The van der Waals surface area contributed by atoms with E-state index in [1.807, 2.05) is 56.3 Å². The van der Waals surface area contributed by atoms with Crippen LogP contribution in [0.3, 0.4) is 0 Å². The number of carbonyl (C=O) groups excluding carboxylic acids is 1. The van der Waals surface area contributed by atoms with Crippen LogP contribution >= 0.6 is 0 Å². The maximum atomic E-state index is 13.7. The fourth-order valence-corrected chi connectivity index (χ4v) is 4.94. The second-order valence-corrected chi connectivity index (χ2v) is 9.34. The number of nitrogens with one attached hydrogen (secondary N) is 2. The molecule has 3 aromatic carbocycles. The van der Waals surface area contributed by atoms with E-state index >= 15 is 0 Å². The summed E-state index contributed by atoms with van der Waals surface area (Å²) in [7, 11) is 1.52. The Bertz CT molecular complexity index is 1280. The number of anilines is 2.